The predicted molar refractivity (Wildman–Crippen MR) is 91.1 cm³/mol. The largest absolute Gasteiger partial charge is 0.314 e. The summed E-state index contributed by atoms with van der Waals surface area (Å²) in [5.74, 6) is 0.709. The van der Waals surface area contributed by atoms with Crippen molar-refractivity contribution in [3.63, 3.8) is 0 Å². The zero-order chi connectivity index (χ0) is 15.1. The Kier molecular flexibility index (Phi) is 7.18. The van der Waals surface area contributed by atoms with E-state index < -0.39 is 0 Å². The number of hydrogen-bond donors (Lipinski definition) is 1. The third-order valence-electron chi connectivity index (χ3n) is 4.50. The van der Waals surface area contributed by atoms with Gasteiger partial charge in [0.2, 0.25) is 0 Å². The smallest absolute Gasteiger partial charge is 0.123 e. The van der Waals surface area contributed by atoms with Crippen LogP contribution in [0, 0.1) is 11.7 Å². The Morgan fingerprint density at radius 1 is 1.29 bits per heavy atom. The van der Waals surface area contributed by atoms with Crippen molar-refractivity contribution < 1.29 is 4.39 Å². The van der Waals surface area contributed by atoms with E-state index in [0.29, 0.717) is 6.04 Å². The molecule has 21 heavy (non-hydrogen) atoms. The standard InChI is InChI=1S/C18H27BrFN/c1-2-10-21-17(11-14-6-4-3-5-7-14)13-15-12-16(20)8-9-18(15)19/h8-9,12,14,17,21H,2-7,10-11,13H2,1H3. The van der Waals surface area contributed by atoms with E-state index in [2.05, 4.69) is 28.2 Å². The quantitative estimate of drug-likeness (QED) is 0.683. The van der Waals surface area contributed by atoms with Crippen LogP contribution in [0.15, 0.2) is 22.7 Å². The fourth-order valence-electron chi connectivity index (χ4n) is 3.38. The van der Waals surface area contributed by atoms with Gasteiger partial charge >= 0.3 is 0 Å². The van der Waals surface area contributed by atoms with E-state index in [9.17, 15) is 4.39 Å². The molecule has 1 saturated carbocycles. The molecule has 1 nitrogen and oxygen atoms in total. The number of nitrogens with one attached hydrogen (secondary N) is 1. The minimum Gasteiger partial charge on any atom is -0.314 e. The molecule has 2 rings (SSSR count). The van der Waals surface area contributed by atoms with E-state index in [0.717, 1.165) is 35.3 Å². The normalized spacial score (nSPS) is 17.9. The molecule has 1 fully saturated rings. The Balaban J connectivity index is 1.98. The first-order valence-corrected chi connectivity index (χ1v) is 9.15. The molecule has 0 heterocycles. The average molecular weight is 356 g/mol. The Bertz CT molecular complexity index is 429. The summed E-state index contributed by atoms with van der Waals surface area (Å²) in [6, 6.07) is 5.47. The highest BCUT2D eigenvalue weighted by Gasteiger charge is 2.19. The van der Waals surface area contributed by atoms with Crippen LogP contribution in [0.25, 0.3) is 0 Å². The molecule has 1 unspecified atom stereocenters. The molecule has 0 bridgehead atoms. The fourth-order valence-corrected chi connectivity index (χ4v) is 3.79. The minimum atomic E-state index is -0.139. The lowest BCUT2D eigenvalue weighted by Crippen LogP contribution is -2.34. The van der Waals surface area contributed by atoms with Crippen molar-refractivity contribution in [3.05, 3.63) is 34.1 Å². The lowest BCUT2D eigenvalue weighted by Gasteiger charge is -2.27. The van der Waals surface area contributed by atoms with Crippen LogP contribution < -0.4 is 5.32 Å². The minimum absolute atomic E-state index is 0.139. The number of benzene rings is 1. The summed E-state index contributed by atoms with van der Waals surface area (Å²) in [5.41, 5.74) is 1.08. The SMILES string of the molecule is CCCNC(Cc1cc(F)ccc1Br)CC1CCCCC1. The van der Waals surface area contributed by atoms with Crippen molar-refractivity contribution in [1.82, 2.24) is 5.32 Å². The van der Waals surface area contributed by atoms with E-state index >= 15 is 0 Å². The van der Waals surface area contributed by atoms with Crippen molar-refractivity contribution in [2.75, 3.05) is 6.54 Å². The molecule has 1 aromatic carbocycles. The van der Waals surface area contributed by atoms with Crippen LogP contribution in [0.5, 0.6) is 0 Å². The summed E-state index contributed by atoms with van der Waals surface area (Å²) in [5, 5.41) is 3.67. The fraction of sp³-hybridized carbons (Fsp3) is 0.667. The monoisotopic (exact) mass is 355 g/mol. The maximum Gasteiger partial charge on any atom is 0.123 e. The first kappa shape index (κ1) is 17.0. The van der Waals surface area contributed by atoms with Crippen molar-refractivity contribution in [2.45, 2.75) is 64.3 Å². The second-order valence-electron chi connectivity index (χ2n) is 6.33. The van der Waals surface area contributed by atoms with Gasteiger partial charge in [0.05, 0.1) is 0 Å². The summed E-state index contributed by atoms with van der Waals surface area (Å²) >= 11 is 3.56. The lowest BCUT2D eigenvalue weighted by molar-refractivity contribution is 0.296. The first-order chi connectivity index (χ1) is 10.2. The van der Waals surface area contributed by atoms with Gasteiger partial charge in [-0.15, -0.1) is 0 Å². The highest BCUT2D eigenvalue weighted by molar-refractivity contribution is 9.10. The highest BCUT2D eigenvalue weighted by atomic mass is 79.9. The maximum absolute atomic E-state index is 13.5. The number of halogens is 2. The van der Waals surface area contributed by atoms with Gasteiger partial charge in [-0.25, -0.2) is 4.39 Å². The zero-order valence-electron chi connectivity index (χ0n) is 13.0. The van der Waals surface area contributed by atoms with Crippen LogP contribution in [0.3, 0.4) is 0 Å². The summed E-state index contributed by atoms with van der Waals surface area (Å²) in [6.45, 7) is 3.24. The van der Waals surface area contributed by atoms with E-state index in [1.54, 1.807) is 6.07 Å². The first-order valence-electron chi connectivity index (χ1n) is 8.36. The van der Waals surface area contributed by atoms with Crippen LogP contribution >= 0.6 is 15.9 Å². The van der Waals surface area contributed by atoms with E-state index in [1.165, 1.54) is 44.6 Å². The summed E-state index contributed by atoms with van der Waals surface area (Å²) in [6.07, 6.45) is 10.2. The third-order valence-corrected chi connectivity index (χ3v) is 5.27. The lowest BCUT2D eigenvalue weighted by atomic mass is 9.83. The summed E-state index contributed by atoms with van der Waals surface area (Å²) in [7, 11) is 0. The average Bonchev–Trinajstić information content (AvgIpc) is 2.49. The van der Waals surface area contributed by atoms with Crippen molar-refractivity contribution in [3.8, 4) is 0 Å². The molecule has 1 atom stereocenters. The molecular weight excluding hydrogens is 329 g/mol. The Labute approximate surface area is 136 Å². The Morgan fingerprint density at radius 2 is 2.05 bits per heavy atom. The van der Waals surface area contributed by atoms with Crippen LogP contribution in [0.4, 0.5) is 4.39 Å². The van der Waals surface area contributed by atoms with Gasteiger partial charge in [0, 0.05) is 10.5 Å². The molecule has 1 aliphatic rings. The molecule has 1 aromatic rings. The van der Waals surface area contributed by atoms with Gasteiger partial charge in [-0.05, 0) is 55.5 Å². The maximum atomic E-state index is 13.5. The van der Waals surface area contributed by atoms with Gasteiger partial charge in [0.15, 0.2) is 0 Å². The van der Waals surface area contributed by atoms with Crippen LogP contribution in [0.1, 0.15) is 57.4 Å². The van der Waals surface area contributed by atoms with Gasteiger partial charge in [0.25, 0.3) is 0 Å². The molecule has 0 aromatic heterocycles. The predicted octanol–water partition coefficient (Wildman–Crippen LogP) is 5.47. The summed E-state index contributed by atoms with van der Waals surface area (Å²) < 4.78 is 14.5. The van der Waals surface area contributed by atoms with Crippen molar-refractivity contribution in [2.24, 2.45) is 5.92 Å². The molecule has 1 N–H and O–H groups in total. The molecular formula is C18H27BrFN. The second-order valence-corrected chi connectivity index (χ2v) is 7.18. The molecule has 118 valence electrons. The van der Waals surface area contributed by atoms with Gasteiger partial charge < -0.3 is 5.32 Å². The molecule has 0 spiro atoms. The molecule has 1 aliphatic carbocycles. The van der Waals surface area contributed by atoms with Crippen molar-refractivity contribution >= 4 is 15.9 Å². The van der Waals surface area contributed by atoms with Crippen molar-refractivity contribution in [1.29, 1.82) is 0 Å². The number of hydrogen-bond acceptors (Lipinski definition) is 1. The van der Waals surface area contributed by atoms with Gasteiger partial charge in [-0.3, -0.25) is 0 Å². The topological polar surface area (TPSA) is 12.0 Å². The third kappa shape index (κ3) is 5.71. The Morgan fingerprint density at radius 3 is 2.76 bits per heavy atom. The molecule has 3 heteroatoms. The van der Waals surface area contributed by atoms with E-state index in [1.807, 2.05) is 6.07 Å². The number of rotatable bonds is 7. The van der Waals surface area contributed by atoms with Crippen LogP contribution in [-0.2, 0) is 6.42 Å². The molecule has 0 aliphatic heterocycles. The van der Waals surface area contributed by atoms with E-state index in [4.69, 9.17) is 0 Å². The van der Waals surface area contributed by atoms with Crippen LogP contribution in [0.2, 0.25) is 0 Å². The van der Waals surface area contributed by atoms with Crippen LogP contribution in [-0.4, -0.2) is 12.6 Å². The summed E-state index contributed by atoms with van der Waals surface area (Å²) in [4.78, 5) is 0. The molecule has 0 amide bonds. The molecule has 0 saturated heterocycles. The second kappa shape index (κ2) is 8.89. The molecule has 0 radical (unpaired) electrons. The highest BCUT2D eigenvalue weighted by Crippen LogP contribution is 2.29. The van der Waals surface area contributed by atoms with Gasteiger partial charge in [0.1, 0.15) is 5.82 Å². The Hall–Kier alpha value is -0.410. The van der Waals surface area contributed by atoms with Gasteiger partial charge in [-0.1, -0.05) is 55.0 Å². The zero-order valence-corrected chi connectivity index (χ0v) is 14.6. The van der Waals surface area contributed by atoms with E-state index in [-0.39, 0.29) is 5.82 Å². The van der Waals surface area contributed by atoms with Gasteiger partial charge in [-0.2, -0.15) is 0 Å².